The van der Waals surface area contributed by atoms with Crippen molar-refractivity contribution in [3.05, 3.63) is 56.0 Å². The van der Waals surface area contributed by atoms with Crippen LogP contribution in [0.15, 0.2) is 27.8 Å². The quantitative estimate of drug-likeness (QED) is 0.760. The highest BCUT2D eigenvalue weighted by Gasteiger charge is 2.13. The van der Waals surface area contributed by atoms with Crippen molar-refractivity contribution in [2.75, 3.05) is 5.32 Å². The Morgan fingerprint density at radius 3 is 2.57 bits per heavy atom. The van der Waals surface area contributed by atoms with Crippen molar-refractivity contribution in [2.45, 2.75) is 20.4 Å². The minimum absolute atomic E-state index is 0.339. The Hall–Kier alpha value is -2.83. The molecule has 2 heterocycles. The third-order valence-corrected chi connectivity index (χ3v) is 4.11. The fourth-order valence-electron chi connectivity index (χ4n) is 2.49. The molecule has 0 amide bonds. The van der Waals surface area contributed by atoms with Gasteiger partial charge in [-0.2, -0.15) is 0 Å². The minimum Gasteiger partial charge on any atom is -0.378 e. The summed E-state index contributed by atoms with van der Waals surface area (Å²) >= 11 is 0. The lowest BCUT2D eigenvalue weighted by Gasteiger charge is -2.07. The number of aromatic nitrogens is 4. The Kier molecular flexibility index (Phi) is 3.55. The third kappa shape index (κ3) is 2.54. The van der Waals surface area contributed by atoms with Crippen LogP contribution in [0.2, 0.25) is 0 Å². The van der Waals surface area contributed by atoms with Crippen molar-refractivity contribution in [1.29, 1.82) is 0 Å². The van der Waals surface area contributed by atoms with Crippen molar-refractivity contribution in [2.24, 2.45) is 14.1 Å². The smallest absolute Gasteiger partial charge is 0.332 e. The van der Waals surface area contributed by atoms with Gasteiger partial charge in [-0.1, -0.05) is 6.07 Å². The molecule has 7 nitrogen and oxygen atoms in total. The standard InChI is InChI=1S/C16H19N5O2/c1-9-5-6-11(7-10(9)2)17-8-12-18-13-14(19-12)20(3)16(23)21(4)15(13)22/h5-7,17H,8H2,1-4H3,(H,18,19). The highest BCUT2D eigenvalue weighted by Crippen LogP contribution is 2.15. The molecule has 0 aliphatic carbocycles. The fourth-order valence-corrected chi connectivity index (χ4v) is 2.49. The van der Waals surface area contributed by atoms with E-state index in [2.05, 4.69) is 41.3 Å². The van der Waals surface area contributed by atoms with Gasteiger partial charge in [-0.3, -0.25) is 13.9 Å². The molecule has 0 atom stereocenters. The van der Waals surface area contributed by atoms with Crippen LogP contribution in [0.3, 0.4) is 0 Å². The number of aryl methyl sites for hydroxylation is 3. The van der Waals surface area contributed by atoms with Gasteiger partial charge < -0.3 is 10.3 Å². The predicted molar refractivity (Wildman–Crippen MR) is 89.8 cm³/mol. The van der Waals surface area contributed by atoms with Crippen LogP contribution in [0.25, 0.3) is 11.2 Å². The second-order valence-corrected chi connectivity index (χ2v) is 5.74. The Labute approximate surface area is 132 Å². The first kappa shape index (κ1) is 15.1. The number of fused-ring (bicyclic) bond motifs is 1. The van der Waals surface area contributed by atoms with Crippen LogP contribution in [0.1, 0.15) is 17.0 Å². The summed E-state index contributed by atoms with van der Waals surface area (Å²) in [5.41, 5.74) is 3.38. The van der Waals surface area contributed by atoms with Gasteiger partial charge in [0.2, 0.25) is 0 Å². The van der Waals surface area contributed by atoms with E-state index in [0.29, 0.717) is 23.5 Å². The summed E-state index contributed by atoms with van der Waals surface area (Å²) in [6.45, 7) is 4.56. The number of hydrogen-bond acceptors (Lipinski definition) is 4. The highest BCUT2D eigenvalue weighted by molar-refractivity contribution is 5.69. The van der Waals surface area contributed by atoms with Crippen molar-refractivity contribution in [3.8, 4) is 0 Å². The average Bonchev–Trinajstić information content (AvgIpc) is 2.96. The molecule has 2 aromatic heterocycles. The predicted octanol–water partition coefficient (Wildman–Crippen LogP) is 1.19. The molecule has 0 aliphatic rings. The molecule has 7 heteroatoms. The molecule has 0 unspecified atom stereocenters. The molecule has 2 N–H and O–H groups in total. The monoisotopic (exact) mass is 313 g/mol. The zero-order valence-electron chi connectivity index (χ0n) is 13.6. The molecule has 120 valence electrons. The molecule has 0 spiro atoms. The molecular formula is C16H19N5O2. The van der Waals surface area contributed by atoms with Gasteiger partial charge in [-0.05, 0) is 37.1 Å². The van der Waals surface area contributed by atoms with E-state index < -0.39 is 0 Å². The van der Waals surface area contributed by atoms with E-state index in [0.717, 1.165) is 10.3 Å². The van der Waals surface area contributed by atoms with Crippen molar-refractivity contribution >= 4 is 16.9 Å². The number of nitrogens with one attached hydrogen (secondary N) is 2. The Morgan fingerprint density at radius 1 is 1.13 bits per heavy atom. The number of aromatic amines is 1. The normalized spacial score (nSPS) is 11.1. The molecule has 0 saturated heterocycles. The number of hydrogen-bond donors (Lipinski definition) is 2. The number of nitrogens with zero attached hydrogens (tertiary/aromatic N) is 3. The van der Waals surface area contributed by atoms with Gasteiger partial charge in [0.1, 0.15) is 11.3 Å². The number of H-pyrrole nitrogens is 1. The third-order valence-electron chi connectivity index (χ3n) is 4.11. The van der Waals surface area contributed by atoms with Gasteiger partial charge in [0, 0.05) is 19.8 Å². The fraction of sp³-hybridized carbons (Fsp3) is 0.312. The SMILES string of the molecule is Cc1ccc(NCc2nc3c([nH]2)c(=O)n(C)c(=O)n3C)cc1C. The van der Waals surface area contributed by atoms with E-state index in [1.54, 1.807) is 7.05 Å². The molecule has 3 rings (SSSR count). The van der Waals surface area contributed by atoms with Gasteiger partial charge in [0.15, 0.2) is 5.65 Å². The minimum atomic E-state index is -0.386. The maximum absolute atomic E-state index is 12.1. The molecule has 23 heavy (non-hydrogen) atoms. The zero-order valence-corrected chi connectivity index (χ0v) is 13.6. The maximum atomic E-state index is 12.1. The van der Waals surface area contributed by atoms with E-state index in [9.17, 15) is 9.59 Å². The summed E-state index contributed by atoms with van der Waals surface area (Å²) < 4.78 is 2.44. The molecule has 0 saturated carbocycles. The maximum Gasteiger partial charge on any atom is 0.332 e. The van der Waals surface area contributed by atoms with E-state index in [1.807, 2.05) is 6.07 Å². The van der Waals surface area contributed by atoms with Crippen molar-refractivity contribution < 1.29 is 0 Å². The Balaban J connectivity index is 1.94. The summed E-state index contributed by atoms with van der Waals surface area (Å²) in [5.74, 6) is 0.608. The Morgan fingerprint density at radius 2 is 1.87 bits per heavy atom. The van der Waals surface area contributed by atoms with Crippen LogP contribution in [-0.4, -0.2) is 19.1 Å². The van der Waals surface area contributed by atoms with Crippen LogP contribution in [0.4, 0.5) is 5.69 Å². The zero-order chi connectivity index (χ0) is 16.7. The lowest BCUT2D eigenvalue weighted by Crippen LogP contribution is -2.36. The summed E-state index contributed by atoms with van der Waals surface area (Å²) in [5, 5.41) is 3.27. The molecule has 0 radical (unpaired) electrons. The van der Waals surface area contributed by atoms with E-state index in [1.165, 1.54) is 22.7 Å². The van der Waals surface area contributed by atoms with Gasteiger partial charge in [-0.15, -0.1) is 0 Å². The van der Waals surface area contributed by atoms with E-state index in [4.69, 9.17) is 0 Å². The molecule has 0 fully saturated rings. The topological polar surface area (TPSA) is 84.7 Å². The summed E-state index contributed by atoms with van der Waals surface area (Å²) in [7, 11) is 3.06. The van der Waals surface area contributed by atoms with Crippen molar-refractivity contribution in [1.82, 2.24) is 19.1 Å². The van der Waals surface area contributed by atoms with Crippen LogP contribution in [0, 0.1) is 13.8 Å². The van der Waals surface area contributed by atoms with Gasteiger partial charge in [-0.25, -0.2) is 9.78 Å². The van der Waals surface area contributed by atoms with Gasteiger partial charge in [0.05, 0.1) is 6.54 Å². The van der Waals surface area contributed by atoms with Crippen LogP contribution in [0.5, 0.6) is 0 Å². The van der Waals surface area contributed by atoms with Crippen LogP contribution >= 0.6 is 0 Å². The molecule has 3 aromatic rings. The average molecular weight is 313 g/mol. The molecule has 0 aliphatic heterocycles. The van der Waals surface area contributed by atoms with E-state index in [-0.39, 0.29) is 11.2 Å². The number of imidazole rings is 1. The lowest BCUT2D eigenvalue weighted by molar-refractivity contribution is 0.708. The van der Waals surface area contributed by atoms with Gasteiger partial charge in [0.25, 0.3) is 5.56 Å². The second kappa shape index (κ2) is 5.42. The lowest BCUT2D eigenvalue weighted by atomic mass is 10.1. The largest absolute Gasteiger partial charge is 0.378 e. The summed E-state index contributed by atoms with van der Waals surface area (Å²) in [4.78, 5) is 31.4. The Bertz CT molecular complexity index is 1010. The molecule has 1 aromatic carbocycles. The van der Waals surface area contributed by atoms with Crippen LogP contribution < -0.4 is 16.6 Å². The first-order valence-electron chi connectivity index (χ1n) is 7.34. The van der Waals surface area contributed by atoms with Crippen molar-refractivity contribution in [3.63, 3.8) is 0 Å². The van der Waals surface area contributed by atoms with Gasteiger partial charge >= 0.3 is 5.69 Å². The highest BCUT2D eigenvalue weighted by atomic mass is 16.2. The molecule has 0 bridgehead atoms. The van der Waals surface area contributed by atoms with E-state index >= 15 is 0 Å². The van der Waals surface area contributed by atoms with Crippen LogP contribution in [-0.2, 0) is 20.6 Å². The summed E-state index contributed by atoms with van der Waals surface area (Å²) in [6.07, 6.45) is 0. The number of anilines is 1. The first-order valence-corrected chi connectivity index (χ1v) is 7.34. The molecular weight excluding hydrogens is 294 g/mol. The first-order chi connectivity index (χ1) is 10.9. The number of rotatable bonds is 3. The summed E-state index contributed by atoms with van der Waals surface area (Å²) in [6, 6.07) is 6.11. The number of benzene rings is 1. The second-order valence-electron chi connectivity index (χ2n) is 5.74.